The van der Waals surface area contributed by atoms with E-state index in [-0.39, 0.29) is 24.2 Å². The molecule has 8 nitrogen and oxygen atoms in total. The van der Waals surface area contributed by atoms with Gasteiger partial charge >= 0.3 is 0 Å². The highest BCUT2D eigenvalue weighted by Gasteiger charge is 2.46. The molecule has 8 heteroatoms. The Morgan fingerprint density at radius 2 is 1.94 bits per heavy atom. The molecule has 3 unspecified atom stereocenters. The highest BCUT2D eigenvalue weighted by atomic mass is 16.2. The van der Waals surface area contributed by atoms with Gasteiger partial charge in [0.25, 0.3) is 11.8 Å². The van der Waals surface area contributed by atoms with E-state index < -0.39 is 23.8 Å². The third-order valence-corrected chi connectivity index (χ3v) is 7.53. The van der Waals surface area contributed by atoms with Crippen LogP contribution in [0.4, 0.5) is 0 Å². The molecular formula is C23H28N4O4. The van der Waals surface area contributed by atoms with Crippen LogP contribution in [0, 0.1) is 5.41 Å². The number of hydrogen-bond acceptors (Lipinski definition) is 6. The fourth-order valence-corrected chi connectivity index (χ4v) is 5.86. The lowest BCUT2D eigenvalue weighted by molar-refractivity contribution is -0.136. The summed E-state index contributed by atoms with van der Waals surface area (Å²) in [6, 6.07) is 4.77. The predicted molar refractivity (Wildman–Crippen MR) is 112 cm³/mol. The van der Waals surface area contributed by atoms with E-state index in [9.17, 15) is 19.2 Å². The van der Waals surface area contributed by atoms with Crippen LogP contribution < -0.4 is 16.0 Å². The molecule has 1 spiro atoms. The summed E-state index contributed by atoms with van der Waals surface area (Å²) < 4.78 is 0. The number of carbonyl (C=O) groups is 4. The van der Waals surface area contributed by atoms with E-state index >= 15 is 0 Å². The molecule has 164 valence electrons. The van der Waals surface area contributed by atoms with Crippen LogP contribution in [-0.2, 0) is 16.1 Å². The fraction of sp³-hybridized carbons (Fsp3) is 0.565. The molecule has 0 bridgehead atoms. The average molecular weight is 425 g/mol. The smallest absolute Gasteiger partial charge is 0.262 e. The second-order valence-corrected chi connectivity index (χ2v) is 9.26. The van der Waals surface area contributed by atoms with Crippen LogP contribution in [-0.4, -0.2) is 53.7 Å². The van der Waals surface area contributed by atoms with Gasteiger partial charge in [-0.1, -0.05) is 25.0 Å². The SMILES string of the molecule is O=C1CCC(N2C(=O)c3cccc(CNC4CCCCC45CCNC5)c3C2=O)C(=O)N1. The zero-order chi connectivity index (χ0) is 21.6. The number of nitrogens with zero attached hydrogens (tertiary/aromatic N) is 1. The van der Waals surface area contributed by atoms with Gasteiger partial charge in [-0.15, -0.1) is 0 Å². The van der Waals surface area contributed by atoms with Crippen molar-refractivity contribution < 1.29 is 19.2 Å². The van der Waals surface area contributed by atoms with Crippen LogP contribution in [0.5, 0.6) is 0 Å². The van der Waals surface area contributed by atoms with Crippen molar-refractivity contribution in [2.24, 2.45) is 5.41 Å². The minimum atomic E-state index is -0.933. The summed E-state index contributed by atoms with van der Waals surface area (Å²) in [6.45, 7) is 2.59. The molecule has 5 rings (SSSR count). The Kier molecular flexibility index (Phi) is 5.14. The number of rotatable bonds is 4. The van der Waals surface area contributed by atoms with Crippen molar-refractivity contribution in [2.75, 3.05) is 13.1 Å². The third-order valence-electron chi connectivity index (χ3n) is 7.53. The van der Waals surface area contributed by atoms with Crippen molar-refractivity contribution in [1.29, 1.82) is 0 Å². The Morgan fingerprint density at radius 3 is 2.71 bits per heavy atom. The Bertz CT molecular complexity index is 953. The monoisotopic (exact) mass is 424 g/mol. The topological polar surface area (TPSA) is 108 Å². The molecule has 3 fully saturated rings. The summed E-state index contributed by atoms with van der Waals surface area (Å²) >= 11 is 0. The normalized spacial score (nSPS) is 30.8. The second-order valence-electron chi connectivity index (χ2n) is 9.26. The first-order chi connectivity index (χ1) is 15.0. The van der Waals surface area contributed by atoms with Crippen molar-refractivity contribution in [1.82, 2.24) is 20.9 Å². The average Bonchev–Trinajstić information content (AvgIpc) is 3.32. The number of amides is 4. The number of imide groups is 2. The van der Waals surface area contributed by atoms with Gasteiger partial charge in [-0.3, -0.25) is 29.4 Å². The summed E-state index contributed by atoms with van der Waals surface area (Å²) in [5.74, 6) is -1.84. The minimum Gasteiger partial charge on any atom is -0.316 e. The first-order valence-corrected chi connectivity index (χ1v) is 11.3. The first-order valence-electron chi connectivity index (χ1n) is 11.3. The summed E-state index contributed by atoms with van der Waals surface area (Å²) in [4.78, 5) is 51.1. The first kappa shape index (κ1) is 20.3. The van der Waals surface area contributed by atoms with Crippen LogP contribution in [0.25, 0.3) is 0 Å². The Balaban J connectivity index is 1.37. The van der Waals surface area contributed by atoms with Gasteiger partial charge in [0.1, 0.15) is 6.04 Å². The zero-order valence-electron chi connectivity index (χ0n) is 17.5. The van der Waals surface area contributed by atoms with E-state index in [0.717, 1.165) is 36.4 Å². The molecule has 3 heterocycles. The fourth-order valence-electron chi connectivity index (χ4n) is 5.86. The Morgan fingerprint density at radius 1 is 1.06 bits per heavy atom. The van der Waals surface area contributed by atoms with Gasteiger partial charge < -0.3 is 10.6 Å². The Hall–Kier alpha value is -2.58. The van der Waals surface area contributed by atoms with Gasteiger partial charge in [0.2, 0.25) is 11.8 Å². The molecule has 0 radical (unpaired) electrons. The summed E-state index contributed by atoms with van der Waals surface area (Å²) in [5, 5.41) is 9.45. The molecule has 1 aromatic carbocycles. The highest BCUT2D eigenvalue weighted by molar-refractivity contribution is 6.24. The summed E-state index contributed by atoms with van der Waals surface area (Å²) in [5.41, 5.74) is 1.79. The van der Waals surface area contributed by atoms with Crippen LogP contribution in [0.1, 0.15) is 71.2 Å². The molecule has 1 aromatic rings. The lowest BCUT2D eigenvalue weighted by atomic mass is 9.69. The number of benzene rings is 1. The van der Waals surface area contributed by atoms with Gasteiger partial charge in [0, 0.05) is 25.6 Å². The summed E-state index contributed by atoms with van der Waals surface area (Å²) in [6.07, 6.45) is 6.24. The zero-order valence-corrected chi connectivity index (χ0v) is 17.5. The van der Waals surface area contributed by atoms with Crippen molar-refractivity contribution in [3.63, 3.8) is 0 Å². The largest absolute Gasteiger partial charge is 0.316 e. The van der Waals surface area contributed by atoms with E-state index in [1.165, 1.54) is 19.3 Å². The van der Waals surface area contributed by atoms with E-state index in [2.05, 4.69) is 16.0 Å². The lowest BCUT2D eigenvalue weighted by Crippen LogP contribution is -2.54. The number of fused-ring (bicyclic) bond motifs is 1. The van der Waals surface area contributed by atoms with E-state index in [0.29, 0.717) is 23.7 Å². The number of hydrogen-bond donors (Lipinski definition) is 3. The van der Waals surface area contributed by atoms with Gasteiger partial charge in [-0.2, -0.15) is 0 Å². The molecule has 1 aliphatic carbocycles. The molecule has 0 aromatic heterocycles. The van der Waals surface area contributed by atoms with E-state index in [1.54, 1.807) is 12.1 Å². The van der Waals surface area contributed by atoms with Gasteiger partial charge in [0.15, 0.2) is 0 Å². The molecule has 1 saturated carbocycles. The molecule has 4 aliphatic rings. The molecule has 2 saturated heterocycles. The van der Waals surface area contributed by atoms with E-state index in [4.69, 9.17) is 0 Å². The van der Waals surface area contributed by atoms with Gasteiger partial charge in [-0.25, -0.2) is 0 Å². The highest BCUT2D eigenvalue weighted by Crippen LogP contribution is 2.41. The predicted octanol–water partition coefficient (Wildman–Crippen LogP) is 1.10. The number of piperidine rings is 1. The minimum absolute atomic E-state index is 0.121. The summed E-state index contributed by atoms with van der Waals surface area (Å²) in [7, 11) is 0. The van der Waals surface area contributed by atoms with Crippen LogP contribution in [0.3, 0.4) is 0 Å². The molecule has 31 heavy (non-hydrogen) atoms. The number of carbonyl (C=O) groups excluding carboxylic acids is 4. The molecule has 3 aliphatic heterocycles. The molecule has 4 amide bonds. The molecule has 3 N–H and O–H groups in total. The van der Waals surface area contributed by atoms with Crippen LogP contribution in [0.2, 0.25) is 0 Å². The maximum atomic E-state index is 13.3. The third kappa shape index (κ3) is 3.38. The molecule has 3 atom stereocenters. The molecular weight excluding hydrogens is 396 g/mol. The van der Waals surface area contributed by atoms with Crippen molar-refractivity contribution in [2.45, 2.75) is 63.6 Å². The Labute approximate surface area is 181 Å². The second kappa shape index (κ2) is 7.84. The van der Waals surface area contributed by atoms with Crippen molar-refractivity contribution in [3.05, 3.63) is 34.9 Å². The van der Waals surface area contributed by atoms with E-state index in [1.807, 2.05) is 6.07 Å². The van der Waals surface area contributed by atoms with Crippen molar-refractivity contribution >= 4 is 23.6 Å². The van der Waals surface area contributed by atoms with Crippen LogP contribution in [0.15, 0.2) is 18.2 Å². The quantitative estimate of drug-likeness (QED) is 0.625. The standard InChI is InChI=1S/C23H28N4O4/c28-18-8-7-16(20(29)26-18)27-21(30)15-5-3-4-14(19(15)22(27)31)12-25-17-6-1-2-9-23(17)10-11-24-13-23/h3-5,16-17,24-25H,1-2,6-13H2,(H,26,28,29). The van der Waals surface area contributed by atoms with Gasteiger partial charge in [0.05, 0.1) is 11.1 Å². The lowest BCUT2D eigenvalue weighted by Gasteiger charge is -2.41. The van der Waals surface area contributed by atoms with Crippen LogP contribution >= 0.6 is 0 Å². The number of nitrogens with one attached hydrogen (secondary N) is 3. The van der Waals surface area contributed by atoms with Crippen molar-refractivity contribution in [3.8, 4) is 0 Å². The maximum Gasteiger partial charge on any atom is 0.262 e. The maximum absolute atomic E-state index is 13.3. The van der Waals surface area contributed by atoms with Gasteiger partial charge in [-0.05, 0) is 49.3 Å².